The highest BCUT2D eigenvalue weighted by atomic mass is 16.2. The van der Waals surface area contributed by atoms with Crippen LogP contribution in [0, 0.1) is 0 Å². The number of nitrogens with zero attached hydrogens (tertiary/aromatic N) is 1. The fraction of sp³-hybridized carbons (Fsp3) is 0.946. The molecular formula is C37H75N3O2. The van der Waals surface area contributed by atoms with E-state index in [1.807, 2.05) is 4.90 Å². The minimum Gasteiger partial charge on any atom is -0.370 e. The van der Waals surface area contributed by atoms with Gasteiger partial charge in [-0.05, 0) is 19.3 Å². The molecule has 5 nitrogen and oxygen atoms in total. The Labute approximate surface area is 263 Å². The van der Waals surface area contributed by atoms with Gasteiger partial charge in [0.05, 0.1) is 6.04 Å². The molecule has 0 saturated heterocycles. The first-order valence-electron chi connectivity index (χ1n) is 18.9. The van der Waals surface area contributed by atoms with Crippen molar-refractivity contribution in [2.75, 3.05) is 13.1 Å². The number of carbonyl (C=O) groups excluding carboxylic acids is 2. The van der Waals surface area contributed by atoms with Crippen molar-refractivity contribution in [3.05, 3.63) is 0 Å². The highest BCUT2D eigenvalue weighted by Gasteiger charge is 2.20. The van der Waals surface area contributed by atoms with Crippen LogP contribution < -0.4 is 11.5 Å². The van der Waals surface area contributed by atoms with E-state index in [0.717, 1.165) is 25.9 Å². The summed E-state index contributed by atoms with van der Waals surface area (Å²) in [5, 5.41) is 0. The molecule has 0 bridgehead atoms. The maximum atomic E-state index is 13.0. The fourth-order valence-electron chi connectivity index (χ4n) is 5.98. The van der Waals surface area contributed by atoms with Crippen molar-refractivity contribution in [3.8, 4) is 0 Å². The molecule has 250 valence electrons. The molecule has 1 atom stereocenters. The van der Waals surface area contributed by atoms with Crippen LogP contribution in [-0.4, -0.2) is 35.8 Å². The summed E-state index contributed by atoms with van der Waals surface area (Å²) >= 11 is 0. The van der Waals surface area contributed by atoms with E-state index in [4.69, 9.17) is 11.5 Å². The maximum Gasteiger partial charge on any atom is 0.239 e. The minimum absolute atomic E-state index is 0.000591. The van der Waals surface area contributed by atoms with Crippen LogP contribution in [0.1, 0.15) is 206 Å². The normalized spacial score (nSPS) is 12.1. The lowest BCUT2D eigenvalue weighted by atomic mass is 10.0. The van der Waals surface area contributed by atoms with Crippen LogP contribution in [0.4, 0.5) is 0 Å². The number of carbonyl (C=O) groups is 2. The van der Waals surface area contributed by atoms with Gasteiger partial charge in [-0.25, -0.2) is 0 Å². The van der Waals surface area contributed by atoms with Crippen LogP contribution in [0.3, 0.4) is 0 Å². The highest BCUT2D eigenvalue weighted by Crippen LogP contribution is 2.15. The first kappa shape index (κ1) is 40.9. The van der Waals surface area contributed by atoms with E-state index in [-0.39, 0.29) is 18.2 Å². The Morgan fingerprint density at radius 1 is 0.476 bits per heavy atom. The van der Waals surface area contributed by atoms with Crippen LogP contribution in [-0.2, 0) is 9.59 Å². The summed E-state index contributed by atoms with van der Waals surface area (Å²) in [6, 6.07) is -0.615. The van der Waals surface area contributed by atoms with Gasteiger partial charge in [0.1, 0.15) is 0 Å². The van der Waals surface area contributed by atoms with Crippen LogP contribution >= 0.6 is 0 Å². The zero-order valence-corrected chi connectivity index (χ0v) is 28.6. The van der Waals surface area contributed by atoms with Gasteiger partial charge in [-0.3, -0.25) is 9.59 Å². The van der Waals surface area contributed by atoms with Gasteiger partial charge in [-0.2, -0.15) is 0 Å². The highest BCUT2D eigenvalue weighted by molar-refractivity contribution is 5.82. The predicted octanol–water partition coefficient (Wildman–Crippen LogP) is 10.4. The fourth-order valence-corrected chi connectivity index (χ4v) is 5.98. The molecule has 0 radical (unpaired) electrons. The molecule has 0 unspecified atom stereocenters. The molecule has 0 aliphatic heterocycles. The van der Waals surface area contributed by atoms with Crippen molar-refractivity contribution in [1.82, 2.24) is 4.90 Å². The van der Waals surface area contributed by atoms with Crippen LogP contribution in [0.15, 0.2) is 0 Å². The van der Waals surface area contributed by atoms with Gasteiger partial charge in [-0.1, -0.05) is 181 Å². The monoisotopic (exact) mass is 594 g/mol. The molecule has 0 spiro atoms. The molecule has 2 amide bonds. The summed E-state index contributed by atoms with van der Waals surface area (Å²) in [7, 11) is 0. The Balaban J connectivity index is 4.00. The lowest BCUT2D eigenvalue weighted by molar-refractivity contribution is -0.133. The molecule has 0 heterocycles. The first-order valence-corrected chi connectivity index (χ1v) is 18.9. The topological polar surface area (TPSA) is 89.4 Å². The van der Waals surface area contributed by atoms with E-state index in [0.29, 0.717) is 6.42 Å². The van der Waals surface area contributed by atoms with E-state index in [9.17, 15) is 9.59 Å². The van der Waals surface area contributed by atoms with Gasteiger partial charge >= 0.3 is 0 Å². The predicted molar refractivity (Wildman–Crippen MR) is 184 cm³/mol. The second-order valence-corrected chi connectivity index (χ2v) is 13.1. The van der Waals surface area contributed by atoms with Crippen molar-refractivity contribution in [2.24, 2.45) is 11.5 Å². The molecule has 0 aromatic carbocycles. The number of unbranched alkanes of at least 4 members (excludes halogenated alkanes) is 26. The van der Waals surface area contributed by atoms with Gasteiger partial charge in [0.25, 0.3) is 0 Å². The molecule has 0 fully saturated rings. The number of nitrogens with two attached hydrogens (primary N) is 2. The zero-order valence-electron chi connectivity index (χ0n) is 28.6. The Hall–Kier alpha value is -1.10. The third kappa shape index (κ3) is 29.0. The summed E-state index contributed by atoms with van der Waals surface area (Å²) < 4.78 is 0. The third-order valence-corrected chi connectivity index (χ3v) is 8.89. The molecule has 0 aliphatic rings. The Morgan fingerprint density at radius 3 is 1.00 bits per heavy atom. The van der Waals surface area contributed by atoms with Gasteiger partial charge < -0.3 is 16.4 Å². The molecule has 0 aliphatic carbocycles. The van der Waals surface area contributed by atoms with E-state index in [1.165, 1.54) is 167 Å². The smallest absolute Gasteiger partial charge is 0.239 e. The van der Waals surface area contributed by atoms with Crippen LogP contribution in [0.5, 0.6) is 0 Å². The van der Waals surface area contributed by atoms with Gasteiger partial charge in [-0.15, -0.1) is 0 Å². The average molecular weight is 594 g/mol. The van der Waals surface area contributed by atoms with Crippen molar-refractivity contribution < 1.29 is 9.59 Å². The molecule has 0 rings (SSSR count). The number of hydrogen-bond donors (Lipinski definition) is 2. The Morgan fingerprint density at radius 2 is 0.738 bits per heavy atom. The SMILES string of the molecule is CCCCCCCCCCCCCCCCN(CCCCCCCCCCCCCCCC)C(=O)[C@@H](N)CCC(N)=O. The quantitative estimate of drug-likeness (QED) is 0.0727. The summed E-state index contributed by atoms with van der Waals surface area (Å²) in [5.74, 6) is -0.385. The maximum absolute atomic E-state index is 13.0. The van der Waals surface area contributed by atoms with Gasteiger partial charge in [0.15, 0.2) is 0 Å². The molecule has 0 aromatic rings. The summed E-state index contributed by atoms with van der Waals surface area (Å²) in [5.41, 5.74) is 11.5. The number of amides is 2. The van der Waals surface area contributed by atoms with E-state index >= 15 is 0 Å². The van der Waals surface area contributed by atoms with E-state index in [1.54, 1.807) is 0 Å². The van der Waals surface area contributed by atoms with Crippen LogP contribution in [0.25, 0.3) is 0 Å². The van der Waals surface area contributed by atoms with E-state index < -0.39 is 6.04 Å². The molecule has 5 heteroatoms. The number of primary amides is 1. The van der Waals surface area contributed by atoms with Crippen molar-refractivity contribution in [1.29, 1.82) is 0 Å². The first-order chi connectivity index (χ1) is 20.5. The second-order valence-electron chi connectivity index (χ2n) is 13.1. The molecule has 42 heavy (non-hydrogen) atoms. The van der Waals surface area contributed by atoms with Crippen molar-refractivity contribution >= 4 is 11.8 Å². The van der Waals surface area contributed by atoms with Gasteiger partial charge in [0, 0.05) is 19.5 Å². The Bertz CT molecular complexity index is 551. The minimum atomic E-state index is -0.615. The van der Waals surface area contributed by atoms with Crippen molar-refractivity contribution in [2.45, 2.75) is 213 Å². The molecular weight excluding hydrogens is 518 g/mol. The number of rotatable bonds is 34. The molecule has 0 aromatic heterocycles. The standard InChI is InChI=1S/C37H75N3O2/c1-3-5-7-9-11-13-15-17-19-21-23-25-27-29-33-40(37(42)35(38)31-32-36(39)41)34-30-28-26-24-22-20-18-16-14-12-10-8-6-4-2/h35H,3-34,38H2,1-2H3,(H2,39,41)/t35-/m0/s1. The largest absolute Gasteiger partial charge is 0.370 e. The van der Waals surface area contributed by atoms with Gasteiger partial charge in [0.2, 0.25) is 11.8 Å². The summed E-state index contributed by atoms with van der Waals surface area (Å²) in [6.45, 7) is 6.14. The zero-order chi connectivity index (χ0) is 30.9. The summed E-state index contributed by atoms with van der Waals surface area (Å²) in [4.78, 5) is 26.2. The number of hydrogen-bond acceptors (Lipinski definition) is 3. The third-order valence-electron chi connectivity index (χ3n) is 8.89. The molecule has 0 saturated carbocycles. The lowest BCUT2D eigenvalue weighted by Crippen LogP contribution is -2.45. The molecule has 4 N–H and O–H groups in total. The second kappa shape index (κ2) is 32.8. The van der Waals surface area contributed by atoms with Crippen molar-refractivity contribution in [3.63, 3.8) is 0 Å². The lowest BCUT2D eigenvalue weighted by Gasteiger charge is -2.26. The Kier molecular flexibility index (Phi) is 31.9. The van der Waals surface area contributed by atoms with Crippen LogP contribution in [0.2, 0.25) is 0 Å². The average Bonchev–Trinajstić information content (AvgIpc) is 2.98. The summed E-state index contributed by atoms with van der Waals surface area (Å²) in [6.07, 6.45) is 37.9. The van der Waals surface area contributed by atoms with E-state index in [2.05, 4.69) is 13.8 Å².